The van der Waals surface area contributed by atoms with Crippen molar-refractivity contribution in [3.8, 4) is 0 Å². The van der Waals surface area contributed by atoms with Gasteiger partial charge < -0.3 is 10.6 Å². The molecule has 0 aromatic carbocycles. The van der Waals surface area contributed by atoms with Crippen LogP contribution in [0.1, 0.15) is 12.5 Å². The zero-order valence-corrected chi connectivity index (χ0v) is 11.6. The molecule has 0 atom stereocenters. The van der Waals surface area contributed by atoms with Gasteiger partial charge in [0.1, 0.15) is 22.4 Å². The van der Waals surface area contributed by atoms with Crippen LogP contribution in [0.2, 0.25) is 0 Å². The van der Waals surface area contributed by atoms with Crippen molar-refractivity contribution in [2.75, 3.05) is 17.2 Å². The van der Waals surface area contributed by atoms with Crippen LogP contribution in [0.4, 0.5) is 11.6 Å². The number of anilines is 2. The molecule has 0 fully saturated rings. The molecular weight excluding hydrogens is 294 g/mol. The topological polar surface area (TPSA) is 62.7 Å². The summed E-state index contributed by atoms with van der Waals surface area (Å²) in [5.74, 6) is 1.56. The minimum Gasteiger partial charge on any atom is -0.369 e. The van der Waals surface area contributed by atoms with Crippen LogP contribution in [-0.4, -0.2) is 21.5 Å². The maximum atomic E-state index is 4.21. The number of rotatable bonds is 5. The van der Waals surface area contributed by atoms with E-state index in [4.69, 9.17) is 0 Å². The summed E-state index contributed by atoms with van der Waals surface area (Å²) >= 11 is 3.49. The summed E-state index contributed by atoms with van der Waals surface area (Å²) in [7, 11) is 0. The number of aromatic nitrogens is 3. The van der Waals surface area contributed by atoms with Gasteiger partial charge in [-0.2, -0.15) is 0 Å². The second-order valence-corrected chi connectivity index (χ2v) is 4.42. The van der Waals surface area contributed by atoms with E-state index in [1.165, 1.54) is 6.33 Å². The number of pyridine rings is 1. The van der Waals surface area contributed by atoms with Crippen molar-refractivity contribution >= 4 is 27.6 Å². The zero-order valence-electron chi connectivity index (χ0n) is 10.0. The molecule has 2 aromatic heterocycles. The quantitative estimate of drug-likeness (QED) is 0.889. The molecular formula is C12H14BrN5. The summed E-state index contributed by atoms with van der Waals surface area (Å²) < 4.78 is 0.843. The molecule has 94 valence electrons. The number of nitrogens with one attached hydrogen (secondary N) is 2. The Labute approximate surface area is 114 Å². The zero-order chi connectivity index (χ0) is 12.8. The van der Waals surface area contributed by atoms with Gasteiger partial charge in [-0.3, -0.25) is 4.98 Å². The highest BCUT2D eigenvalue weighted by molar-refractivity contribution is 9.10. The molecule has 0 bridgehead atoms. The van der Waals surface area contributed by atoms with E-state index in [2.05, 4.69) is 41.5 Å². The Morgan fingerprint density at radius 2 is 2.00 bits per heavy atom. The minimum absolute atomic E-state index is 0.676. The second-order valence-electron chi connectivity index (χ2n) is 3.63. The van der Waals surface area contributed by atoms with Gasteiger partial charge >= 0.3 is 0 Å². The lowest BCUT2D eigenvalue weighted by Crippen LogP contribution is -2.06. The van der Waals surface area contributed by atoms with Crippen molar-refractivity contribution < 1.29 is 0 Å². The molecule has 5 nitrogen and oxygen atoms in total. The number of hydrogen-bond donors (Lipinski definition) is 2. The molecule has 2 heterocycles. The van der Waals surface area contributed by atoms with E-state index in [-0.39, 0.29) is 0 Å². The van der Waals surface area contributed by atoms with Gasteiger partial charge in [0, 0.05) is 25.5 Å². The normalized spacial score (nSPS) is 10.1. The first-order valence-corrected chi connectivity index (χ1v) is 6.47. The maximum absolute atomic E-state index is 4.21. The monoisotopic (exact) mass is 307 g/mol. The average molecular weight is 308 g/mol. The average Bonchev–Trinajstić information content (AvgIpc) is 2.41. The first-order chi connectivity index (χ1) is 8.81. The SMILES string of the molecule is CCNc1ncnc(NCc2cccnc2)c1Br. The van der Waals surface area contributed by atoms with Crippen LogP contribution >= 0.6 is 15.9 Å². The third-order valence-electron chi connectivity index (χ3n) is 2.32. The van der Waals surface area contributed by atoms with Crippen molar-refractivity contribution in [1.29, 1.82) is 0 Å². The summed E-state index contributed by atoms with van der Waals surface area (Å²) in [6.07, 6.45) is 5.12. The summed E-state index contributed by atoms with van der Waals surface area (Å²) in [6.45, 7) is 3.52. The van der Waals surface area contributed by atoms with Gasteiger partial charge in [0.25, 0.3) is 0 Å². The Morgan fingerprint density at radius 3 is 2.67 bits per heavy atom. The van der Waals surface area contributed by atoms with E-state index in [0.29, 0.717) is 6.54 Å². The van der Waals surface area contributed by atoms with Crippen molar-refractivity contribution in [2.24, 2.45) is 0 Å². The molecule has 0 aliphatic carbocycles. The number of nitrogens with zero attached hydrogens (tertiary/aromatic N) is 3. The van der Waals surface area contributed by atoms with Crippen molar-refractivity contribution in [1.82, 2.24) is 15.0 Å². The Morgan fingerprint density at radius 1 is 1.22 bits per heavy atom. The molecule has 6 heteroatoms. The van der Waals surface area contributed by atoms with E-state index in [1.54, 1.807) is 6.20 Å². The lowest BCUT2D eigenvalue weighted by molar-refractivity contribution is 1.05. The van der Waals surface area contributed by atoms with Gasteiger partial charge in [-0.15, -0.1) is 0 Å². The third-order valence-corrected chi connectivity index (χ3v) is 3.07. The van der Waals surface area contributed by atoms with E-state index in [9.17, 15) is 0 Å². The largest absolute Gasteiger partial charge is 0.369 e. The first-order valence-electron chi connectivity index (χ1n) is 5.68. The lowest BCUT2D eigenvalue weighted by atomic mass is 10.3. The molecule has 0 saturated heterocycles. The smallest absolute Gasteiger partial charge is 0.146 e. The van der Waals surface area contributed by atoms with E-state index >= 15 is 0 Å². The molecule has 2 aromatic rings. The summed E-state index contributed by atoms with van der Waals surface area (Å²) in [6, 6.07) is 3.93. The highest BCUT2D eigenvalue weighted by Crippen LogP contribution is 2.26. The van der Waals surface area contributed by atoms with Crippen molar-refractivity contribution in [3.05, 3.63) is 40.9 Å². The second kappa shape index (κ2) is 6.30. The van der Waals surface area contributed by atoms with E-state index in [0.717, 1.165) is 28.2 Å². The highest BCUT2D eigenvalue weighted by atomic mass is 79.9. The van der Waals surface area contributed by atoms with Gasteiger partial charge in [-0.05, 0) is 34.5 Å². The predicted octanol–water partition coefficient (Wildman–Crippen LogP) is 2.68. The van der Waals surface area contributed by atoms with Crippen LogP contribution in [0, 0.1) is 0 Å². The fraction of sp³-hybridized carbons (Fsp3) is 0.250. The lowest BCUT2D eigenvalue weighted by Gasteiger charge is -2.10. The molecule has 0 aliphatic rings. The molecule has 0 spiro atoms. The molecule has 18 heavy (non-hydrogen) atoms. The van der Waals surface area contributed by atoms with Crippen LogP contribution in [0.15, 0.2) is 35.3 Å². The first kappa shape index (κ1) is 12.8. The third kappa shape index (κ3) is 3.16. The fourth-order valence-corrected chi connectivity index (χ4v) is 1.96. The highest BCUT2D eigenvalue weighted by Gasteiger charge is 2.07. The molecule has 0 saturated carbocycles. The molecule has 2 rings (SSSR count). The fourth-order valence-electron chi connectivity index (χ4n) is 1.47. The van der Waals surface area contributed by atoms with Gasteiger partial charge in [0.05, 0.1) is 0 Å². The Kier molecular flexibility index (Phi) is 4.46. The van der Waals surface area contributed by atoms with Crippen LogP contribution in [-0.2, 0) is 6.54 Å². The predicted molar refractivity (Wildman–Crippen MR) is 75.5 cm³/mol. The number of hydrogen-bond acceptors (Lipinski definition) is 5. The molecule has 2 N–H and O–H groups in total. The number of halogens is 1. The van der Waals surface area contributed by atoms with Crippen LogP contribution < -0.4 is 10.6 Å². The van der Waals surface area contributed by atoms with Crippen LogP contribution in [0.3, 0.4) is 0 Å². The molecule has 0 aliphatic heterocycles. The standard InChI is InChI=1S/C12H14BrN5/c1-2-15-11-10(13)12(18-8-17-11)16-7-9-4-3-5-14-6-9/h3-6,8H,2,7H2,1H3,(H2,15,16,17,18). The van der Waals surface area contributed by atoms with Crippen LogP contribution in [0.5, 0.6) is 0 Å². The van der Waals surface area contributed by atoms with Gasteiger partial charge in [-0.25, -0.2) is 9.97 Å². The molecule has 0 radical (unpaired) electrons. The summed E-state index contributed by atoms with van der Waals surface area (Å²) in [5, 5.41) is 6.41. The Hall–Kier alpha value is -1.69. The molecule has 0 unspecified atom stereocenters. The van der Waals surface area contributed by atoms with E-state index in [1.807, 2.05) is 25.3 Å². The Bertz CT molecular complexity index is 503. The van der Waals surface area contributed by atoms with Crippen LogP contribution in [0.25, 0.3) is 0 Å². The summed E-state index contributed by atoms with van der Waals surface area (Å²) in [5.41, 5.74) is 1.10. The van der Waals surface area contributed by atoms with Crippen molar-refractivity contribution in [3.63, 3.8) is 0 Å². The Balaban J connectivity index is 2.08. The van der Waals surface area contributed by atoms with Gasteiger partial charge in [0.2, 0.25) is 0 Å². The minimum atomic E-state index is 0.676. The van der Waals surface area contributed by atoms with Crippen molar-refractivity contribution in [2.45, 2.75) is 13.5 Å². The molecule has 0 amide bonds. The van der Waals surface area contributed by atoms with Gasteiger partial charge in [-0.1, -0.05) is 6.07 Å². The summed E-state index contributed by atoms with van der Waals surface area (Å²) in [4.78, 5) is 12.4. The maximum Gasteiger partial charge on any atom is 0.146 e. The van der Waals surface area contributed by atoms with E-state index < -0.39 is 0 Å². The van der Waals surface area contributed by atoms with Gasteiger partial charge in [0.15, 0.2) is 0 Å².